The van der Waals surface area contributed by atoms with Crippen molar-refractivity contribution in [2.75, 3.05) is 67.0 Å². The normalized spacial score (nSPS) is 11.2. The number of hydrogen-bond donors (Lipinski definition) is 0. The summed E-state index contributed by atoms with van der Waals surface area (Å²) >= 11 is 0. The maximum absolute atomic E-state index is 5.71. The Balaban J connectivity index is 3.09. The molecule has 0 rings (SSSR count). The molecule has 0 fully saturated rings. The Morgan fingerprint density at radius 3 is 1.56 bits per heavy atom. The Labute approximate surface area is 99.4 Å². The summed E-state index contributed by atoms with van der Waals surface area (Å²) < 4.78 is 20.3. The van der Waals surface area contributed by atoms with Crippen LogP contribution in [0.15, 0.2) is 0 Å². The highest BCUT2D eigenvalue weighted by atomic mass is 16.5. The molecular formula is C10H22BNO4. The van der Waals surface area contributed by atoms with Crippen molar-refractivity contribution in [3.63, 3.8) is 0 Å². The molecular weight excluding hydrogens is 209 g/mol. The summed E-state index contributed by atoms with van der Waals surface area (Å²) in [4.78, 5) is 1.68. The maximum Gasteiger partial charge on any atom is 0.182 e. The van der Waals surface area contributed by atoms with E-state index in [1.807, 2.05) is 0 Å². The van der Waals surface area contributed by atoms with Crippen molar-refractivity contribution in [1.82, 2.24) is 4.81 Å². The Hall–Kier alpha value is -0.135. The summed E-state index contributed by atoms with van der Waals surface area (Å²) in [6.45, 7) is 5.04. The van der Waals surface area contributed by atoms with Crippen molar-refractivity contribution in [3.05, 3.63) is 0 Å². The lowest BCUT2D eigenvalue weighted by molar-refractivity contribution is 0.0527. The van der Waals surface area contributed by atoms with Gasteiger partial charge in [-0.2, -0.15) is 0 Å². The van der Waals surface area contributed by atoms with Gasteiger partial charge in [0.15, 0.2) is 7.98 Å². The van der Waals surface area contributed by atoms with Gasteiger partial charge in [-0.3, -0.25) is 0 Å². The van der Waals surface area contributed by atoms with Crippen LogP contribution in [-0.2, 0) is 18.9 Å². The third kappa shape index (κ3) is 11.9. The summed E-state index contributed by atoms with van der Waals surface area (Å²) in [5, 5.41) is 0. The van der Waals surface area contributed by atoms with Gasteiger partial charge >= 0.3 is 0 Å². The van der Waals surface area contributed by atoms with Crippen molar-refractivity contribution in [3.8, 4) is 0 Å². The predicted molar refractivity (Wildman–Crippen MR) is 62.7 cm³/mol. The molecule has 0 amide bonds. The molecule has 0 N–H and O–H groups in total. The SMILES string of the molecule is [B]N(CCOCCOC)CCOCCOC. The molecule has 6 heteroatoms. The molecule has 5 nitrogen and oxygen atoms in total. The topological polar surface area (TPSA) is 40.2 Å². The van der Waals surface area contributed by atoms with E-state index >= 15 is 0 Å². The van der Waals surface area contributed by atoms with E-state index < -0.39 is 0 Å². The van der Waals surface area contributed by atoms with E-state index in [-0.39, 0.29) is 0 Å². The summed E-state index contributed by atoms with van der Waals surface area (Å²) in [5.41, 5.74) is 0. The second-order valence-corrected chi connectivity index (χ2v) is 3.25. The lowest BCUT2D eigenvalue weighted by Gasteiger charge is -2.17. The van der Waals surface area contributed by atoms with Gasteiger partial charge in [0.25, 0.3) is 0 Å². The molecule has 16 heavy (non-hydrogen) atoms. The second-order valence-electron chi connectivity index (χ2n) is 3.25. The Bertz CT molecular complexity index is 126. The monoisotopic (exact) mass is 231 g/mol. The largest absolute Gasteiger partial charge is 0.382 e. The molecule has 0 aromatic heterocycles. The molecule has 0 aromatic carbocycles. The molecule has 0 saturated heterocycles. The Morgan fingerprint density at radius 1 is 0.750 bits per heavy atom. The molecule has 0 aliphatic heterocycles. The van der Waals surface area contributed by atoms with E-state index in [9.17, 15) is 0 Å². The van der Waals surface area contributed by atoms with Crippen LogP contribution in [0.2, 0.25) is 0 Å². The molecule has 0 bridgehead atoms. The average molecular weight is 231 g/mol. The van der Waals surface area contributed by atoms with Crippen molar-refractivity contribution in [2.45, 2.75) is 0 Å². The fraction of sp³-hybridized carbons (Fsp3) is 1.00. The Kier molecular flexibility index (Phi) is 12.8. The number of nitrogens with zero attached hydrogens (tertiary/aromatic N) is 1. The van der Waals surface area contributed by atoms with Gasteiger partial charge in [-0.05, 0) is 0 Å². The smallest absolute Gasteiger partial charge is 0.182 e. The van der Waals surface area contributed by atoms with E-state index in [0.717, 1.165) is 0 Å². The van der Waals surface area contributed by atoms with E-state index in [0.29, 0.717) is 52.7 Å². The molecule has 2 radical (unpaired) electrons. The van der Waals surface area contributed by atoms with Crippen LogP contribution in [0.3, 0.4) is 0 Å². The highest BCUT2D eigenvalue weighted by Crippen LogP contribution is 1.85. The summed E-state index contributed by atoms with van der Waals surface area (Å²) in [6, 6.07) is 0. The van der Waals surface area contributed by atoms with E-state index in [1.165, 1.54) is 0 Å². The number of ether oxygens (including phenoxy) is 4. The lowest BCUT2D eigenvalue weighted by atomic mass is 10.3. The highest BCUT2D eigenvalue weighted by Gasteiger charge is 1.97. The minimum atomic E-state index is 0.606. The molecule has 0 heterocycles. The Morgan fingerprint density at radius 2 is 1.19 bits per heavy atom. The number of hydrogen-bond acceptors (Lipinski definition) is 5. The first-order valence-corrected chi connectivity index (χ1v) is 5.44. The van der Waals surface area contributed by atoms with Gasteiger partial charge < -0.3 is 23.8 Å². The molecule has 0 atom stereocenters. The molecule has 0 aliphatic carbocycles. The molecule has 0 spiro atoms. The van der Waals surface area contributed by atoms with Crippen molar-refractivity contribution in [1.29, 1.82) is 0 Å². The maximum atomic E-state index is 5.71. The second kappa shape index (κ2) is 12.9. The number of methoxy groups -OCH3 is 2. The van der Waals surface area contributed by atoms with Crippen LogP contribution < -0.4 is 0 Å². The minimum Gasteiger partial charge on any atom is -0.382 e. The molecule has 0 aliphatic rings. The molecule has 94 valence electrons. The molecule has 0 saturated carbocycles. The molecule has 0 aromatic rings. The van der Waals surface area contributed by atoms with Gasteiger partial charge in [-0.25, -0.2) is 0 Å². The fourth-order valence-corrected chi connectivity index (χ4v) is 0.964. The first-order chi connectivity index (χ1) is 7.81. The quantitative estimate of drug-likeness (QED) is 0.340. The zero-order valence-corrected chi connectivity index (χ0v) is 10.3. The zero-order valence-electron chi connectivity index (χ0n) is 10.3. The van der Waals surface area contributed by atoms with E-state index in [2.05, 4.69) is 0 Å². The van der Waals surface area contributed by atoms with Gasteiger partial charge in [0, 0.05) is 27.3 Å². The van der Waals surface area contributed by atoms with Crippen molar-refractivity contribution in [2.24, 2.45) is 0 Å². The summed E-state index contributed by atoms with van der Waals surface area (Å²) in [7, 11) is 9.01. The predicted octanol–water partition coefficient (Wildman–Crippen LogP) is -0.302. The minimum absolute atomic E-state index is 0.606. The standard InChI is InChI=1S/C10H22BNO4/c1-13-7-9-15-5-3-12(11)4-6-16-10-8-14-2/h3-10H2,1-2H3. The first-order valence-electron chi connectivity index (χ1n) is 5.44. The van der Waals surface area contributed by atoms with Crippen LogP contribution in [0, 0.1) is 0 Å². The van der Waals surface area contributed by atoms with Crippen LogP contribution >= 0.6 is 0 Å². The van der Waals surface area contributed by atoms with Crippen molar-refractivity contribution >= 4 is 7.98 Å². The van der Waals surface area contributed by atoms with E-state index in [1.54, 1.807) is 19.0 Å². The third-order valence-electron chi connectivity index (χ3n) is 1.91. The van der Waals surface area contributed by atoms with Gasteiger partial charge in [0.1, 0.15) is 0 Å². The zero-order chi connectivity index (χ0) is 12.1. The highest BCUT2D eigenvalue weighted by molar-refractivity contribution is 6.04. The van der Waals surface area contributed by atoms with Crippen LogP contribution in [-0.4, -0.2) is 79.7 Å². The van der Waals surface area contributed by atoms with Crippen molar-refractivity contribution < 1.29 is 18.9 Å². The number of rotatable bonds is 12. The van der Waals surface area contributed by atoms with Gasteiger partial charge in [-0.15, -0.1) is 0 Å². The van der Waals surface area contributed by atoms with Crippen LogP contribution in [0.25, 0.3) is 0 Å². The van der Waals surface area contributed by atoms with E-state index in [4.69, 9.17) is 26.9 Å². The van der Waals surface area contributed by atoms with Crippen LogP contribution in [0.5, 0.6) is 0 Å². The van der Waals surface area contributed by atoms with Crippen LogP contribution in [0.1, 0.15) is 0 Å². The third-order valence-corrected chi connectivity index (χ3v) is 1.91. The average Bonchev–Trinajstić information content (AvgIpc) is 2.28. The molecule has 0 unspecified atom stereocenters. The first kappa shape index (κ1) is 15.9. The van der Waals surface area contributed by atoms with Gasteiger partial charge in [0.2, 0.25) is 0 Å². The van der Waals surface area contributed by atoms with Crippen LogP contribution in [0.4, 0.5) is 0 Å². The summed E-state index contributed by atoms with van der Waals surface area (Å²) in [5.74, 6) is 0. The van der Waals surface area contributed by atoms with Gasteiger partial charge in [-0.1, -0.05) is 0 Å². The fourth-order valence-electron chi connectivity index (χ4n) is 0.964. The lowest BCUT2D eigenvalue weighted by Crippen LogP contribution is -2.29. The van der Waals surface area contributed by atoms with Gasteiger partial charge in [0.05, 0.1) is 39.6 Å². The summed E-state index contributed by atoms with van der Waals surface area (Å²) in [6.07, 6.45) is 0.